The Morgan fingerprint density at radius 3 is 2.75 bits per heavy atom. The van der Waals surface area contributed by atoms with Crippen LogP contribution in [0.25, 0.3) is 22.0 Å². The first-order valence-electron chi connectivity index (χ1n) is 10.3. The molecule has 1 amide bonds. The number of carbonyl (C=O) groups excluding carboxylic acids is 1. The van der Waals surface area contributed by atoms with E-state index in [0.29, 0.717) is 18.0 Å². The van der Waals surface area contributed by atoms with Crippen molar-refractivity contribution < 1.29 is 9.21 Å². The predicted octanol–water partition coefficient (Wildman–Crippen LogP) is 4.39. The summed E-state index contributed by atoms with van der Waals surface area (Å²) in [6.45, 7) is 10.7. The van der Waals surface area contributed by atoms with E-state index in [9.17, 15) is 4.79 Å². The molecule has 2 aromatic heterocycles. The lowest BCUT2D eigenvalue weighted by Gasteiger charge is -2.34. The Bertz CT molecular complexity index is 984. The predicted molar refractivity (Wildman–Crippen MR) is 113 cm³/mol. The number of likely N-dealkylation sites (tertiary alicyclic amines) is 1. The first-order valence-corrected chi connectivity index (χ1v) is 10.3. The molecule has 2 atom stereocenters. The van der Waals surface area contributed by atoms with Gasteiger partial charge in [-0.3, -0.25) is 4.79 Å². The highest BCUT2D eigenvalue weighted by Crippen LogP contribution is 2.24. The number of pyridine rings is 1. The highest BCUT2D eigenvalue weighted by Gasteiger charge is 2.21. The molecule has 4 rings (SSSR count). The Morgan fingerprint density at radius 2 is 1.96 bits per heavy atom. The summed E-state index contributed by atoms with van der Waals surface area (Å²) in [5.41, 5.74) is 2.56. The van der Waals surface area contributed by atoms with Crippen LogP contribution in [0.2, 0.25) is 0 Å². The number of piperidine rings is 1. The molecule has 0 unspecified atom stereocenters. The van der Waals surface area contributed by atoms with Gasteiger partial charge < -0.3 is 14.6 Å². The lowest BCUT2D eigenvalue weighted by molar-refractivity contribution is 0.0921. The highest BCUT2D eigenvalue weighted by atomic mass is 16.4. The fraction of sp³-hybridized carbons (Fsp3) is 0.478. The van der Waals surface area contributed by atoms with Gasteiger partial charge in [0.2, 0.25) is 5.71 Å². The minimum Gasteiger partial charge on any atom is -0.433 e. The summed E-state index contributed by atoms with van der Waals surface area (Å²) in [6, 6.07) is 9.94. The van der Waals surface area contributed by atoms with Gasteiger partial charge in [-0.15, -0.1) is 0 Å². The summed E-state index contributed by atoms with van der Waals surface area (Å²) >= 11 is 0. The van der Waals surface area contributed by atoms with Crippen LogP contribution >= 0.6 is 0 Å². The number of benzene rings is 1. The molecule has 1 saturated heterocycles. The molecule has 3 heterocycles. The van der Waals surface area contributed by atoms with Crippen molar-refractivity contribution in [2.24, 2.45) is 11.8 Å². The minimum atomic E-state index is -0.168. The van der Waals surface area contributed by atoms with Crippen molar-refractivity contribution in [1.29, 1.82) is 0 Å². The fourth-order valence-electron chi connectivity index (χ4n) is 4.41. The maximum absolute atomic E-state index is 12.5. The van der Waals surface area contributed by atoms with Gasteiger partial charge in [0.1, 0.15) is 0 Å². The Morgan fingerprint density at radius 1 is 1.18 bits per heavy atom. The Kier molecular flexibility index (Phi) is 5.36. The molecule has 1 N–H and O–H groups in total. The smallest absolute Gasteiger partial charge is 0.287 e. The van der Waals surface area contributed by atoms with Gasteiger partial charge >= 0.3 is 0 Å². The average molecular weight is 380 g/mol. The Hall–Kier alpha value is -2.40. The van der Waals surface area contributed by atoms with E-state index in [1.165, 1.54) is 19.5 Å². The number of amides is 1. The molecule has 1 aliphatic rings. The van der Waals surface area contributed by atoms with Gasteiger partial charge in [0.25, 0.3) is 5.91 Å². The second-order valence-corrected chi connectivity index (χ2v) is 8.50. The van der Waals surface area contributed by atoms with E-state index in [1.807, 2.05) is 25.1 Å². The van der Waals surface area contributed by atoms with Crippen molar-refractivity contribution >= 4 is 27.9 Å². The normalized spacial score (nSPS) is 20.7. The van der Waals surface area contributed by atoms with E-state index in [2.05, 4.69) is 35.1 Å². The number of rotatable bonds is 5. The van der Waals surface area contributed by atoms with Crippen LogP contribution in [0.3, 0.4) is 0 Å². The average Bonchev–Trinajstić information content (AvgIpc) is 3.05. The van der Waals surface area contributed by atoms with Crippen molar-refractivity contribution in [1.82, 2.24) is 15.2 Å². The topological polar surface area (TPSA) is 58.4 Å². The molecule has 3 aromatic rings. The number of carbonyl (C=O) groups is 1. The summed E-state index contributed by atoms with van der Waals surface area (Å²) < 4.78 is 5.72. The molecule has 5 heteroatoms. The zero-order valence-electron chi connectivity index (χ0n) is 17.0. The lowest BCUT2D eigenvalue weighted by atomic mass is 9.92. The van der Waals surface area contributed by atoms with Gasteiger partial charge in [-0.1, -0.05) is 26.0 Å². The first-order chi connectivity index (χ1) is 13.5. The van der Waals surface area contributed by atoms with Crippen LogP contribution in [-0.2, 0) is 0 Å². The van der Waals surface area contributed by atoms with E-state index >= 15 is 0 Å². The number of hydrogen-bond donors (Lipinski definition) is 1. The van der Waals surface area contributed by atoms with E-state index in [0.717, 1.165) is 46.7 Å². The first kappa shape index (κ1) is 18.9. The molecule has 1 fully saturated rings. The van der Waals surface area contributed by atoms with Crippen LogP contribution in [0.15, 0.2) is 34.7 Å². The van der Waals surface area contributed by atoms with Crippen LogP contribution < -0.4 is 5.32 Å². The molecule has 28 heavy (non-hydrogen) atoms. The van der Waals surface area contributed by atoms with Crippen molar-refractivity contribution in [3.63, 3.8) is 0 Å². The Balaban J connectivity index is 1.35. The molecule has 5 nitrogen and oxygen atoms in total. The quantitative estimate of drug-likeness (QED) is 0.668. The fourth-order valence-corrected chi connectivity index (χ4v) is 4.41. The van der Waals surface area contributed by atoms with Crippen LogP contribution in [0.1, 0.15) is 42.8 Å². The lowest BCUT2D eigenvalue weighted by Crippen LogP contribution is -2.40. The third-order valence-corrected chi connectivity index (χ3v) is 5.56. The third kappa shape index (κ3) is 4.20. The number of furan rings is 1. The summed E-state index contributed by atoms with van der Waals surface area (Å²) in [6.07, 6.45) is 2.27. The standard InChI is InChI=1S/C23H29N3O2/c1-15-5-6-18-11-19-12-21(28-23(19)25-20(18)10-15)22(27)24-7-4-8-26-13-16(2)9-17(3)14-26/h5-6,10-12,16-17H,4,7-9,13-14H2,1-3H3,(H,24,27)/t16-,17-/m0/s1. The maximum Gasteiger partial charge on any atom is 0.287 e. The molecule has 0 aliphatic carbocycles. The van der Waals surface area contributed by atoms with Crippen molar-refractivity contribution in [2.75, 3.05) is 26.2 Å². The SMILES string of the molecule is Cc1ccc2cc3cc(C(=O)NCCCN4C[C@@H](C)C[C@H](C)C4)oc3nc2c1. The van der Waals surface area contributed by atoms with Crippen molar-refractivity contribution in [3.05, 3.63) is 41.7 Å². The van der Waals surface area contributed by atoms with Crippen LogP contribution in [-0.4, -0.2) is 42.0 Å². The summed E-state index contributed by atoms with van der Waals surface area (Å²) in [7, 11) is 0. The molecular weight excluding hydrogens is 350 g/mol. The molecule has 0 bridgehead atoms. The van der Waals surface area contributed by atoms with Gasteiger partial charge in [-0.25, -0.2) is 4.98 Å². The second kappa shape index (κ2) is 7.92. The zero-order valence-corrected chi connectivity index (χ0v) is 17.0. The van der Waals surface area contributed by atoms with Crippen molar-refractivity contribution in [2.45, 2.75) is 33.6 Å². The monoisotopic (exact) mass is 379 g/mol. The molecule has 1 aliphatic heterocycles. The van der Waals surface area contributed by atoms with Gasteiger partial charge in [-0.05, 0) is 61.9 Å². The number of fused-ring (bicyclic) bond motifs is 2. The van der Waals surface area contributed by atoms with E-state index < -0.39 is 0 Å². The molecule has 148 valence electrons. The molecule has 0 spiro atoms. The van der Waals surface area contributed by atoms with Gasteiger partial charge in [0.15, 0.2) is 5.76 Å². The van der Waals surface area contributed by atoms with Gasteiger partial charge in [-0.2, -0.15) is 0 Å². The number of hydrogen-bond acceptors (Lipinski definition) is 4. The number of aromatic nitrogens is 1. The molecular formula is C23H29N3O2. The summed E-state index contributed by atoms with van der Waals surface area (Å²) in [5.74, 6) is 1.69. The second-order valence-electron chi connectivity index (χ2n) is 8.50. The van der Waals surface area contributed by atoms with Crippen LogP contribution in [0.5, 0.6) is 0 Å². The highest BCUT2D eigenvalue weighted by molar-refractivity contribution is 5.98. The number of aryl methyl sites for hydroxylation is 1. The number of nitrogens with zero attached hydrogens (tertiary/aromatic N) is 2. The largest absolute Gasteiger partial charge is 0.433 e. The Labute approximate surface area is 166 Å². The zero-order chi connectivity index (χ0) is 19.7. The molecule has 0 saturated carbocycles. The van der Waals surface area contributed by atoms with Gasteiger partial charge in [0.05, 0.1) is 5.52 Å². The molecule has 0 radical (unpaired) electrons. The van der Waals surface area contributed by atoms with Gasteiger partial charge in [0, 0.05) is 30.4 Å². The maximum atomic E-state index is 12.5. The van der Waals surface area contributed by atoms with E-state index in [4.69, 9.17) is 4.42 Å². The third-order valence-electron chi connectivity index (χ3n) is 5.56. The van der Waals surface area contributed by atoms with E-state index in [-0.39, 0.29) is 5.91 Å². The number of nitrogens with one attached hydrogen (secondary N) is 1. The molecule has 1 aromatic carbocycles. The van der Waals surface area contributed by atoms with E-state index in [1.54, 1.807) is 6.07 Å². The van der Waals surface area contributed by atoms with Crippen molar-refractivity contribution in [3.8, 4) is 0 Å². The summed E-state index contributed by atoms with van der Waals surface area (Å²) in [5, 5.41) is 4.90. The minimum absolute atomic E-state index is 0.168. The van der Waals surface area contributed by atoms with Crippen LogP contribution in [0.4, 0.5) is 0 Å². The summed E-state index contributed by atoms with van der Waals surface area (Å²) in [4.78, 5) is 19.5. The van der Waals surface area contributed by atoms with Crippen LogP contribution in [0, 0.1) is 18.8 Å².